The van der Waals surface area contributed by atoms with Crippen LogP contribution in [0.2, 0.25) is 5.15 Å². The number of H-pyrrole nitrogens is 2. The second-order valence-corrected chi connectivity index (χ2v) is 4.11. The Kier molecular flexibility index (Phi) is 2.74. The number of nitrogens with two attached hydrogens (primary N) is 1. The molecule has 7 heteroatoms. The molecular weight excluding hydrogens is 224 g/mol. The van der Waals surface area contributed by atoms with Gasteiger partial charge in [0.1, 0.15) is 5.15 Å². The van der Waals surface area contributed by atoms with Gasteiger partial charge >= 0.3 is 0 Å². The largest absolute Gasteiger partial charge is 0.501 e. The zero-order valence-electron chi connectivity index (χ0n) is 7.42. The normalized spacial score (nSPS) is 15.9. The van der Waals surface area contributed by atoms with Gasteiger partial charge in [-0.1, -0.05) is 11.6 Å². The van der Waals surface area contributed by atoms with Gasteiger partial charge in [0.2, 0.25) is 0 Å². The summed E-state index contributed by atoms with van der Waals surface area (Å²) in [4.78, 5) is 2.15. The van der Waals surface area contributed by atoms with Gasteiger partial charge in [-0.2, -0.15) is 0 Å². The molecule has 0 bridgehead atoms. The third-order valence-corrected chi connectivity index (χ3v) is 3.23. The standard InChI is InChI=1S/C7H11ClN4OS/c8-7-6(14-11-12(9)10-7)5-2-1-3-13-4-5/h4,10-11H,1-3,9H2. The Morgan fingerprint density at radius 2 is 2.50 bits per heavy atom. The fraction of sp³-hybridized carbons (Fsp3) is 0.429. The van der Waals surface area contributed by atoms with Crippen LogP contribution in [-0.2, 0) is 4.74 Å². The molecule has 78 valence electrons. The van der Waals surface area contributed by atoms with Gasteiger partial charge < -0.3 is 10.6 Å². The number of hydrogen-bond donors (Lipinski definition) is 3. The van der Waals surface area contributed by atoms with Crippen LogP contribution >= 0.6 is 23.1 Å². The van der Waals surface area contributed by atoms with E-state index in [2.05, 4.69) is 9.59 Å². The zero-order valence-corrected chi connectivity index (χ0v) is 8.99. The monoisotopic (exact) mass is 234 g/mol. The van der Waals surface area contributed by atoms with E-state index in [9.17, 15) is 0 Å². The fourth-order valence-electron chi connectivity index (χ4n) is 1.26. The number of ether oxygens (including phenoxy) is 1. The van der Waals surface area contributed by atoms with E-state index in [1.165, 1.54) is 16.4 Å². The van der Waals surface area contributed by atoms with Gasteiger partial charge in [-0.3, -0.25) is 5.10 Å². The predicted octanol–water partition coefficient (Wildman–Crippen LogP) is 1.85. The van der Waals surface area contributed by atoms with E-state index in [0.717, 1.165) is 29.9 Å². The average Bonchev–Trinajstić information content (AvgIpc) is 2.19. The van der Waals surface area contributed by atoms with Gasteiger partial charge in [0, 0.05) is 5.57 Å². The van der Waals surface area contributed by atoms with E-state index in [0.29, 0.717) is 5.15 Å². The molecule has 5 nitrogen and oxygen atoms in total. The van der Waals surface area contributed by atoms with Crippen molar-refractivity contribution in [3.05, 3.63) is 16.3 Å². The number of nitrogen functional groups attached to an aromatic ring is 1. The summed E-state index contributed by atoms with van der Waals surface area (Å²) in [6.07, 6.45) is 3.75. The van der Waals surface area contributed by atoms with Crippen molar-refractivity contribution in [2.75, 3.05) is 12.4 Å². The highest BCUT2D eigenvalue weighted by Gasteiger charge is 2.12. The van der Waals surface area contributed by atoms with Gasteiger partial charge in [-0.15, -0.1) is 4.91 Å². The lowest BCUT2D eigenvalue weighted by Gasteiger charge is -2.14. The number of nitrogens with one attached hydrogen (secondary N) is 2. The molecule has 1 aromatic heterocycles. The number of rotatable bonds is 1. The number of halogens is 1. The molecule has 0 saturated carbocycles. The van der Waals surface area contributed by atoms with Crippen LogP contribution in [0.4, 0.5) is 0 Å². The second-order valence-electron chi connectivity index (χ2n) is 2.94. The third-order valence-electron chi connectivity index (χ3n) is 1.89. The molecule has 0 fully saturated rings. The van der Waals surface area contributed by atoms with E-state index in [-0.39, 0.29) is 0 Å². The minimum absolute atomic E-state index is 0.521. The molecule has 14 heavy (non-hydrogen) atoms. The van der Waals surface area contributed by atoms with E-state index >= 15 is 0 Å². The van der Waals surface area contributed by atoms with Crippen molar-refractivity contribution >= 4 is 28.7 Å². The minimum Gasteiger partial charge on any atom is -0.501 e. The van der Waals surface area contributed by atoms with Crippen LogP contribution in [0.15, 0.2) is 6.26 Å². The molecular formula is C7H11ClN4OS. The van der Waals surface area contributed by atoms with Crippen molar-refractivity contribution in [2.45, 2.75) is 12.8 Å². The van der Waals surface area contributed by atoms with Crippen LogP contribution in [0.25, 0.3) is 5.57 Å². The smallest absolute Gasteiger partial charge is 0.143 e. The Balaban J connectivity index is 2.35. The Bertz CT molecular complexity index is 384. The Hall–Kier alpha value is -1.01. The Labute approximate surface area is 89.9 Å². The summed E-state index contributed by atoms with van der Waals surface area (Å²) in [5, 5.41) is 3.28. The molecule has 0 aliphatic carbocycles. The molecule has 0 spiro atoms. The summed E-state index contributed by atoms with van der Waals surface area (Å²) in [6, 6.07) is 0. The predicted molar refractivity (Wildman–Crippen MR) is 57.0 cm³/mol. The summed E-state index contributed by atoms with van der Waals surface area (Å²) in [6.45, 7) is 0.781. The van der Waals surface area contributed by atoms with Crippen LogP contribution < -0.4 is 5.84 Å². The van der Waals surface area contributed by atoms with Crippen molar-refractivity contribution in [3.8, 4) is 0 Å². The fourth-order valence-corrected chi connectivity index (χ4v) is 2.24. The quantitative estimate of drug-likeness (QED) is 0.649. The number of aromatic nitrogens is 3. The van der Waals surface area contributed by atoms with Crippen molar-refractivity contribution in [1.29, 1.82) is 0 Å². The molecule has 0 amide bonds. The first-order valence-corrected chi connectivity index (χ1v) is 5.41. The summed E-state index contributed by atoms with van der Waals surface area (Å²) >= 11 is 7.37. The Morgan fingerprint density at radius 3 is 3.14 bits per heavy atom. The highest BCUT2D eigenvalue weighted by molar-refractivity contribution is 7.07. The lowest BCUT2D eigenvalue weighted by atomic mass is 10.1. The van der Waals surface area contributed by atoms with Crippen LogP contribution in [0, 0.1) is 0 Å². The van der Waals surface area contributed by atoms with Gasteiger partial charge in [0.05, 0.1) is 17.7 Å². The molecule has 0 saturated heterocycles. The minimum atomic E-state index is 0.521. The summed E-state index contributed by atoms with van der Waals surface area (Å²) in [7, 11) is 0. The maximum absolute atomic E-state index is 6.00. The zero-order chi connectivity index (χ0) is 9.97. The maximum Gasteiger partial charge on any atom is 0.143 e. The lowest BCUT2D eigenvalue weighted by molar-refractivity contribution is 0.235. The SMILES string of the molecule is Nn1[nH]sc(C2=COCCC2)c(Cl)[nH]1. The first kappa shape index (κ1) is 9.54. The van der Waals surface area contributed by atoms with Crippen molar-refractivity contribution < 1.29 is 4.74 Å². The van der Waals surface area contributed by atoms with Crippen LogP contribution in [0.5, 0.6) is 0 Å². The summed E-state index contributed by atoms with van der Waals surface area (Å²) < 4.78 is 8.08. The van der Waals surface area contributed by atoms with Crippen LogP contribution in [0.3, 0.4) is 0 Å². The first-order chi connectivity index (χ1) is 6.77. The average molecular weight is 235 g/mol. The van der Waals surface area contributed by atoms with Crippen molar-refractivity contribution in [1.82, 2.24) is 14.5 Å². The Morgan fingerprint density at radius 1 is 1.64 bits per heavy atom. The number of allylic oxidation sites excluding steroid dienone is 1. The summed E-state index contributed by atoms with van der Waals surface area (Å²) in [5.41, 5.74) is 1.10. The van der Waals surface area contributed by atoms with Gasteiger partial charge in [0.15, 0.2) is 0 Å². The van der Waals surface area contributed by atoms with Crippen LogP contribution in [0.1, 0.15) is 17.7 Å². The van der Waals surface area contributed by atoms with Crippen LogP contribution in [-0.4, -0.2) is 21.1 Å². The second kappa shape index (κ2) is 4.02. The van der Waals surface area contributed by atoms with E-state index < -0.39 is 0 Å². The van der Waals surface area contributed by atoms with Gasteiger partial charge in [-0.25, -0.2) is 4.49 Å². The number of aromatic amines is 2. The molecule has 2 rings (SSSR count). The molecule has 2 heterocycles. The van der Waals surface area contributed by atoms with E-state index in [1.54, 1.807) is 6.26 Å². The number of nitrogens with zero attached hydrogens (tertiary/aromatic N) is 1. The molecule has 0 radical (unpaired) electrons. The topological polar surface area (TPSA) is 71.8 Å². The number of hydrogen-bond acceptors (Lipinski definition) is 3. The maximum atomic E-state index is 6.00. The first-order valence-electron chi connectivity index (χ1n) is 4.22. The van der Waals surface area contributed by atoms with E-state index in [1.807, 2.05) is 0 Å². The van der Waals surface area contributed by atoms with Crippen molar-refractivity contribution in [2.24, 2.45) is 0 Å². The highest BCUT2D eigenvalue weighted by Crippen LogP contribution is 2.29. The molecule has 4 N–H and O–H groups in total. The molecule has 1 aromatic rings. The molecule has 0 aromatic carbocycles. The molecule has 0 unspecified atom stereocenters. The van der Waals surface area contributed by atoms with E-state index in [4.69, 9.17) is 22.2 Å². The van der Waals surface area contributed by atoms with Gasteiger partial charge in [0.25, 0.3) is 0 Å². The third kappa shape index (κ3) is 1.91. The molecule has 1 aliphatic rings. The molecule has 0 atom stereocenters. The summed E-state index contributed by atoms with van der Waals surface area (Å²) in [5.74, 6) is 5.44. The lowest BCUT2D eigenvalue weighted by Crippen LogP contribution is -2.16. The van der Waals surface area contributed by atoms with Gasteiger partial charge in [-0.05, 0) is 24.4 Å². The molecule has 1 aliphatic heterocycles. The highest BCUT2D eigenvalue weighted by atomic mass is 35.5. The van der Waals surface area contributed by atoms with Crippen molar-refractivity contribution in [3.63, 3.8) is 0 Å².